The van der Waals surface area contributed by atoms with E-state index in [9.17, 15) is 9.59 Å². The number of hydrazone groups is 1. The topological polar surface area (TPSA) is 86.2 Å². The Balaban J connectivity index is 1.37. The van der Waals surface area contributed by atoms with Gasteiger partial charge in [-0.25, -0.2) is 10.2 Å². The minimum absolute atomic E-state index is 0.211. The van der Waals surface area contributed by atoms with Crippen LogP contribution < -0.4 is 19.6 Å². The van der Waals surface area contributed by atoms with Gasteiger partial charge in [-0.2, -0.15) is 5.10 Å². The third-order valence-corrected chi connectivity index (χ3v) is 6.60. The summed E-state index contributed by atoms with van der Waals surface area (Å²) in [6.07, 6.45) is 1.43. The van der Waals surface area contributed by atoms with Crippen LogP contribution in [0.15, 0.2) is 71.8 Å². The molecule has 7 nitrogen and oxygen atoms in total. The highest BCUT2D eigenvalue weighted by atomic mass is 35.5. The Kier molecular flexibility index (Phi) is 7.87. The summed E-state index contributed by atoms with van der Waals surface area (Å²) in [4.78, 5) is 25.0. The highest BCUT2D eigenvalue weighted by molar-refractivity contribution is 7.21. The molecule has 1 N–H and O–H groups in total. The van der Waals surface area contributed by atoms with Crippen LogP contribution in [-0.2, 0) is 4.79 Å². The molecule has 0 aliphatic heterocycles. The Bertz CT molecular complexity index is 1400. The first-order valence-electron chi connectivity index (χ1n) is 10.2. The molecule has 1 amide bonds. The summed E-state index contributed by atoms with van der Waals surface area (Å²) >= 11 is 13.4. The molecule has 0 unspecified atom stereocenters. The molecule has 0 saturated heterocycles. The maximum absolute atomic E-state index is 12.7. The monoisotopic (exact) mass is 528 g/mol. The number of carbonyl (C=O) groups is 2. The number of carbonyl (C=O) groups excluding carboxylic acids is 2. The molecule has 0 aliphatic rings. The number of benzene rings is 3. The fourth-order valence-corrected chi connectivity index (χ4v) is 4.54. The van der Waals surface area contributed by atoms with E-state index >= 15 is 0 Å². The van der Waals surface area contributed by atoms with Crippen LogP contribution in [0.3, 0.4) is 0 Å². The second-order valence-electron chi connectivity index (χ2n) is 7.08. The van der Waals surface area contributed by atoms with Crippen molar-refractivity contribution in [1.29, 1.82) is 0 Å². The van der Waals surface area contributed by atoms with Gasteiger partial charge in [-0.1, -0.05) is 41.4 Å². The summed E-state index contributed by atoms with van der Waals surface area (Å²) in [6, 6.07) is 19.0. The molecule has 1 heterocycles. The molecule has 1 aromatic heterocycles. The van der Waals surface area contributed by atoms with Crippen LogP contribution >= 0.6 is 34.5 Å². The van der Waals surface area contributed by atoms with Gasteiger partial charge in [0.1, 0.15) is 10.6 Å². The van der Waals surface area contributed by atoms with Crippen molar-refractivity contribution in [2.75, 3.05) is 13.7 Å². The van der Waals surface area contributed by atoms with E-state index in [1.165, 1.54) is 24.7 Å². The second-order valence-corrected chi connectivity index (χ2v) is 8.94. The van der Waals surface area contributed by atoms with E-state index in [2.05, 4.69) is 10.5 Å². The number of ether oxygens (including phenoxy) is 3. The van der Waals surface area contributed by atoms with Crippen molar-refractivity contribution in [3.05, 3.63) is 87.2 Å². The maximum atomic E-state index is 12.7. The van der Waals surface area contributed by atoms with Crippen LogP contribution in [0.4, 0.5) is 0 Å². The van der Waals surface area contributed by atoms with Gasteiger partial charge in [-0.15, -0.1) is 11.3 Å². The number of nitrogens with one attached hydrogen (secondary N) is 1. The zero-order chi connectivity index (χ0) is 24.8. The van der Waals surface area contributed by atoms with Crippen molar-refractivity contribution in [2.45, 2.75) is 0 Å². The Morgan fingerprint density at radius 3 is 2.54 bits per heavy atom. The Hall–Kier alpha value is -3.59. The first-order valence-corrected chi connectivity index (χ1v) is 11.8. The van der Waals surface area contributed by atoms with E-state index in [1.54, 1.807) is 42.5 Å². The van der Waals surface area contributed by atoms with Crippen LogP contribution in [0.2, 0.25) is 10.0 Å². The van der Waals surface area contributed by atoms with Crippen LogP contribution in [0.5, 0.6) is 17.2 Å². The number of methoxy groups -OCH3 is 1. The van der Waals surface area contributed by atoms with E-state index in [4.69, 9.17) is 37.4 Å². The highest BCUT2D eigenvalue weighted by Crippen LogP contribution is 2.37. The number of fused-ring (bicyclic) bond motifs is 1. The third-order valence-electron chi connectivity index (χ3n) is 4.70. The molecule has 10 heteroatoms. The molecule has 0 radical (unpaired) electrons. The summed E-state index contributed by atoms with van der Waals surface area (Å²) < 4.78 is 17.1. The predicted octanol–water partition coefficient (Wildman–Crippen LogP) is 5.97. The second kappa shape index (κ2) is 11.2. The smallest absolute Gasteiger partial charge is 0.355 e. The van der Waals surface area contributed by atoms with Gasteiger partial charge in [0, 0.05) is 15.1 Å². The standard InChI is InChI=1S/C25H18Cl2N2O5S/c1-32-20-12-15(13-28-29-22(30)14-33-17-9-7-16(26)8-10-17)6-11-19(20)34-25(31)24-23(27)18-4-2-3-5-21(18)35-24/h2-13H,14H2,1H3,(H,29,30)/b28-13-. The van der Waals surface area contributed by atoms with Gasteiger partial charge in [0.2, 0.25) is 0 Å². The lowest BCUT2D eigenvalue weighted by Crippen LogP contribution is -2.24. The number of nitrogens with zero attached hydrogens (tertiary/aromatic N) is 1. The fourth-order valence-electron chi connectivity index (χ4n) is 3.03. The molecule has 4 rings (SSSR count). The first kappa shape index (κ1) is 24.5. The Morgan fingerprint density at radius 2 is 1.80 bits per heavy atom. The first-order chi connectivity index (χ1) is 16.9. The molecular weight excluding hydrogens is 511 g/mol. The number of amides is 1. The number of rotatable bonds is 8. The molecule has 0 spiro atoms. The molecule has 178 valence electrons. The lowest BCUT2D eigenvalue weighted by Gasteiger charge is -2.09. The van der Waals surface area contributed by atoms with Crippen LogP contribution in [-0.4, -0.2) is 31.8 Å². The summed E-state index contributed by atoms with van der Waals surface area (Å²) in [5.74, 6) is 0.0404. The van der Waals surface area contributed by atoms with E-state index < -0.39 is 11.9 Å². The number of halogens is 2. The number of esters is 1. The number of hydrogen-bond donors (Lipinski definition) is 1. The molecule has 0 aliphatic carbocycles. The van der Waals surface area contributed by atoms with E-state index in [0.717, 1.165) is 10.1 Å². The third kappa shape index (κ3) is 6.10. The largest absolute Gasteiger partial charge is 0.493 e. The Labute approximate surface area is 214 Å². The summed E-state index contributed by atoms with van der Waals surface area (Å²) in [6.45, 7) is -0.211. The van der Waals surface area contributed by atoms with Crippen LogP contribution in [0.1, 0.15) is 15.2 Å². The van der Waals surface area contributed by atoms with Crippen LogP contribution in [0.25, 0.3) is 10.1 Å². The number of hydrogen-bond acceptors (Lipinski definition) is 7. The van der Waals surface area contributed by atoms with E-state index in [1.807, 2.05) is 24.3 Å². The van der Waals surface area contributed by atoms with Gasteiger partial charge in [0.25, 0.3) is 5.91 Å². The van der Waals surface area contributed by atoms with Crippen molar-refractivity contribution < 1.29 is 23.8 Å². The minimum Gasteiger partial charge on any atom is -0.493 e. The fraction of sp³-hybridized carbons (Fsp3) is 0.0800. The minimum atomic E-state index is -0.580. The van der Waals surface area contributed by atoms with Crippen molar-refractivity contribution in [1.82, 2.24) is 5.43 Å². The average Bonchev–Trinajstić information content (AvgIpc) is 3.21. The molecule has 35 heavy (non-hydrogen) atoms. The van der Waals surface area contributed by atoms with Crippen molar-refractivity contribution in [3.63, 3.8) is 0 Å². The van der Waals surface area contributed by atoms with Crippen molar-refractivity contribution in [3.8, 4) is 17.2 Å². The maximum Gasteiger partial charge on any atom is 0.355 e. The molecule has 4 aromatic rings. The molecule has 3 aromatic carbocycles. The number of thiophene rings is 1. The normalized spacial score (nSPS) is 10.9. The van der Waals surface area contributed by atoms with Crippen molar-refractivity contribution in [2.24, 2.45) is 5.10 Å². The summed E-state index contributed by atoms with van der Waals surface area (Å²) in [5, 5.41) is 5.64. The van der Waals surface area contributed by atoms with E-state index in [-0.39, 0.29) is 12.4 Å². The molecule has 0 atom stereocenters. The Morgan fingerprint density at radius 1 is 1.03 bits per heavy atom. The zero-order valence-corrected chi connectivity index (χ0v) is 20.6. The zero-order valence-electron chi connectivity index (χ0n) is 18.3. The molecule has 0 fully saturated rings. The average molecular weight is 529 g/mol. The lowest BCUT2D eigenvalue weighted by molar-refractivity contribution is -0.123. The molecule has 0 bridgehead atoms. The lowest BCUT2D eigenvalue weighted by atomic mass is 10.2. The van der Waals surface area contributed by atoms with Crippen LogP contribution in [0, 0.1) is 0 Å². The quantitative estimate of drug-likeness (QED) is 0.132. The molecule has 0 saturated carbocycles. The highest BCUT2D eigenvalue weighted by Gasteiger charge is 2.20. The van der Waals surface area contributed by atoms with Gasteiger partial charge in [-0.05, 0) is 54.1 Å². The summed E-state index contributed by atoms with van der Waals surface area (Å²) in [5.41, 5.74) is 2.99. The summed E-state index contributed by atoms with van der Waals surface area (Å²) in [7, 11) is 1.45. The molecular formula is C25H18Cl2N2O5S. The van der Waals surface area contributed by atoms with Gasteiger partial charge in [0.05, 0.1) is 18.3 Å². The predicted molar refractivity (Wildman–Crippen MR) is 137 cm³/mol. The van der Waals surface area contributed by atoms with E-state index in [0.29, 0.717) is 32.0 Å². The van der Waals surface area contributed by atoms with Crippen molar-refractivity contribution >= 4 is 62.7 Å². The van der Waals surface area contributed by atoms with Gasteiger partial charge in [0.15, 0.2) is 18.1 Å². The van der Waals surface area contributed by atoms with Gasteiger partial charge >= 0.3 is 5.97 Å². The SMILES string of the molecule is COc1cc(/C=N\NC(=O)COc2ccc(Cl)cc2)ccc1OC(=O)c1sc2ccccc2c1Cl. The van der Waals surface area contributed by atoms with Gasteiger partial charge in [-0.3, -0.25) is 4.79 Å². The van der Waals surface area contributed by atoms with Gasteiger partial charge < -0.3 is 14.2 Å².